The molecule has 2 radical (unpaired) electrons. The SMILES string of the molecule is P.[B]c1ccccc1. The molecule has 0 N–H and O–H groups in total. The Morgan fingerprint density at radius 2 is 1.50 bits per heavy atom. The van der Waals surface area contributed by atoms with Crippen LogP contribution in [-0.4, -0.2) is 7.85 Å². The van der Waals surface area contributed by atoms with Gasteiger partial charge in [-0.05, 0) is 0 Å². The van der Waals surface area contributed by atoms with Gasteiger partial charge in [-0.25, -0.2) is 0 Å². The summed E-state index contributed by atoms with van der Waals surface area (Å²) in [5.74, 6) is 0. The van der Waals surface area contributed by atoms with Gasteiger partial charge in [-0.15, -0.1) is 0 Å². The zero-order valence-electron chi connectivity index (χ0n) is 4.67. The smallest absolute Gasteiger partial charge is 0.113 e. The minimum atomic E-state index is 0. The molecule has 0 aliphatic carbocycles. The molecule has 1 unspecified atom stereocenters. The van der Waals surface area contributed by atoms with Crippen molar-refractivity contribution < 1.29 is 0 Å². The Labute approximate surface area is 54.3 Å². The van der Waals surface area contributed by atoms with E-state index in [0.29, 0.717) is 0 Å². The zero-order valence-corrected chi connectivity index (χ0v) is 6.09. The molecule has 0 aromatic heterocycles. The van der Waals surface area contributed by atoms with E-state index in [2.05, 4.69) is 0 Å². The first-order valence-corrected chi connectivity index (χ1v) is 2.20. The Hall–Kier alpha value is -0.285. The molecule has 40 valence electrons. The first-order valence-electron chi connectivity index (χ1n) is 2.20. The molecule has 1 rings (SSSR count). The zero-order chi connectivity index (χ0) is 5.11. The van der Waals surface area contributed by atoms with Gasteiger partial charge in [0.1, 0.15) is 7.85 Å². The second kappa shape index (κ2) is 3.68. The van der Waals surface area contributed by atoms with Crippen molar-refractivity contribution in [2.75, 3.05) is 0 Å². The van der Waals surface area contributed by atoms with E-state index in [1.807, 2.05) is 30.3 Å². The van der Waals surface area contributed by atoms with E-state index in [1.54, 1.807) is 0 Å². The molecule has 0 aliphatic heterocycles. The van der Waals surface area contributed by atoms with Crippen molar-refractivity contribution in [1.82, 2.24) is 0 Å². The summed E-state index contributed by atoms with van der Waals surface area (Å²) < 4.78 is 0. The first-order chi connectivity index (χ1) is 3.39. The molecule has 0 aliphatic rings. The normalized spacial score (nSPS) is 7.50. The average molecular weight is 122 g/mol. The quantitative estimate of drug-likeness (QED) is 0.348. The molecule has 0 amide bonds. The molecule has 0 spiro atoms. The highest BCUT2D eigenvalue weighted by atomic mass is 31.0. The van der Waals surface area contributed by atoms with E-state index in [-0.39, 0.29) is 9.90 Å². The van der Waals surface area contributed by atoms with Gasteiger partial charge >= 0.3 is 0 Å². The van der Waals surface area contributed by atoms with Crippen molar-refractivity contribution in [3.63, 3.8) is 0 Å². The lowest BCUT2D eigenvalue weighted by Crippen LogP contribution is -1.97. The van der Waals surface area contributed by atoms with E-state index in [0.717, 1.165) is 5.46 Å². The molecule has 0 nitrogen and oxygen atoms in total. The standard InChI is InChI=1S/C6H5B.H3P/c7-6-4-2-1-3-5-6;/h1-5H;1H3. The average Bonchev–Trinajstić information content (AvgIpc) is 1.69. The van der Waals surface area contributed by atoms with Gasteiger partial charge < -0.3 is 0 Å². The lowest BCUT2D eigenvalue weighted by atomic mass is 9.97. The maximum atomic E-state index is 5.36. The summed E-state index contributed by atoms with van der Waals surface area (Å²) in [5, 5.41) is 0. The van der Waals surface area contributed by atoms with Crippen LogP contribution in [0.4, 0.5) is 0 Å². The van der Waals surface area contributed by atoms with Crippen LogP contribution in [0.25, 0.3) is 0 Å². The first kappa shape index (κ1) is 7.71. The molecule has 1 aromatic rings. The molecule has 1 aromatic carbocycles. The Morgan fingerprint density at radius 3 is 1.75 bits per heavy atom. The van der Waals surface area contributed by atoms with Crippen molar-refractivity contribution >= 4 is 23.2 Å². The molecular formula is C6H8BP. The van der Waals surface area contributed by atoms with Crippen LogP contribution in [0.3, 0.4) is 0 Å². The van der Waals surface area contributed by atoms with Gasteiger partial charge in [-0.1, -0.05) is 35.8 Å². The number of rotatable bonds is 0. The van der Waals surface area contributed by atoms with Crippen molar-refractivity contribution in [1.29, 1.82) is 0 Å². The Bertz CT molecular complexity index is 138. The van der Waals surface area contributed by atoms with E-state index in [1.165, 1.54) is 0 Å². The third kappa shape index (κ3) is 2.13. The Balaban J connectivity index is 0.000000490. The van der Waals surface area contributed by atoms with Crippen molar-refractivity contribution in [2.45, 2.75) is 0 Å². The summed E-state index contributed by atoms with van der Waals surface area (Å²) >= 11 is 0. The Morgan fingerprint density at radius 1 is 1.00 bits per heavy atom. The maximum absolute atomic E-state index is 5.36. The summed E-state index contributed by atoms with van der Waals surface area (Å²) in [6, 6.07) is 9.49. The fourth-order valence-electron chi connectivity index (χ4n) is 0.453. The second-order valence-electron chi connectivity index (χ2n) is 1.41. The number of hydrogen-bond donors (Lipinski definition) is 0. The largest absolute Gasteiger partial charge is 0.153 e. The number of hydrogen-bond acceptors (Lipinski definition) is 0. The van der Waals surface area contributed by atoms with Crippen molar-refractivity contribution in [2.24, 2.45) is 0 Å². The van der Waals surface area contributed by atoms with E-state index >= 15 is 0 Å². The van der Waals surface area contributed by atoms with Crippen LogP contribution in [0.2, 0.25) is 0 Å². The van der Waals surface area contributed by atoms with Gasteiger partial charge in [0.2, 0.25) is 0 Å². The van der Waals surface area contributed by atoms with Crippen molar-refractivity contribution in [3.05, 3.63) is 30.3 Å². The second-order valence-corrected chi connectivity index (χ2v) is 1.41. The van der Waals surface area contributed by atoms with E-state index < -0.39 is 0 Å². The lowest BCUT2D eigenvalue weighted by Gasteiger charge is -1.83. The van der Waals surface area contributed by atoms with Crippen LogP contribution < -0.4 is 5.46 Å². The molecule has 0 heterocycles. The van der Waals surface area contributed by atoms with Crippen LogP contribution in [0.15, 0.2) is 30.3 Å². The molecular weight excluding hydrogens is 114 g/mol. The van der Waals surface area contributed by atoms with Crippen LogP contribution in [-0.2, 0) is 0 Å². The topological polar surface area (TPSA) is 0 Å². The van der Waals surface area contributed by atoms with Crippen molar-refractivity contribution in [3.8, 4) is 0 Å². The van der Waals surface area contributed by atoms with Crippen LogP contribution in [0, 0.1) is 0 Å². The van der Waals surface area contributed by atoms with Crippen LogP contribution in [0.5, 0.6) is 0 Å². The summed E-state index contributed by atoms with van der Waals surface area (Å²) in [4.78, 5) is 0. The molecule has 0 bridgehead atoms. The van der Waals surface area contributed by atoms with Crippen LogP contribution >= 0.6 is 9.90 Å². The molecule has 8 heavy (non-hydrogen) atoms. The summed E-state index contributed by atoms with van der Waals surface area (Å²) in [6.45, 7) is 0. The predicted molar refractivity (Wildman–Crippen MR) is 42.9 cm³/mol. The van der Waals surface area contributed by atoms with Gasteiger partial charge in [-0.3, -0.25) is 0 Å². The van der Waals surface area contributed by atoms with Gasteiger partial charge in [0.05, 0.1) is 0 Å². The number of benzene rings is 1. The van der Waals surface area contributed by atoms with Crippen LogP contribution in [0.1, 0.15) is 0 Å². The van der Waals surface area contributed by atoms with Gasteiger partial charge in [-0.2, -0.15) is 9.90 Å². The molecule has 0 saturated heterocycles. The third-order valence-corrected chi connectivity index (χ3v) is 0.800. The lowest BCUT2D eigenvalue weighted by molar-refractivity contribution is 1.78. The fraction of sp³-hybridized carbons (Fsp3) is 0. The van der Waals surface area contributed by atoms with E-state index in [4.69, 9.17) is 7.85 Å². The maximum Gasteiger partial charge on any atom is 0.113 e. The highest BCUT2D eigenvalue weighted by Crippen LogP contribution is 1.76. The highest BCUT2D eigenvalue weighted by molar-refractivity contribution is 6.92. The monoisotopic (exact) mass is 122 g/mol. The minimum absolute atomic E-state index is 0. The molecule has 0 saturated carbocycles. The van der Waals surface area contributed by atoms with Gasteiger partial charge in [0, 0.05) is 0 Å². The molecule has 2 heteroatoms. The van der Waals surface area contributed by atoms with Gasteiger partial charge in [0.15, 0.2) is 0 Å². The molecule has 1 atom stereocenters. The Kier molecular flexibility index (Phi) is 3.55. The minimum Gasteiger partial charge on any atom is -0.153 e. The summed E-state index contributed by atoms with van der Waals surface area (Å²) in [5.41, 5.74) is 0.822. The highest BCUT2D eigenvalue weighted by Gasteiger charge is 1.71. The van der Waals surface area contributed by atoms with Gasteiger partial charge in [0.25, 0.3) is 0 Å². The predicted octanol–water partition coefficient (Wildman–Crippen LogP) is 0.538. The summed E-state index contributed by atoms with van der Waals surface area (Å²) in [7, 11) is 5.36. The third-order valence-electron chi connectivity index (χ3n) is 0.800. The fourth-order valence-corrected chi connectivity index (χ4v) is 0.453. The summed E-state index contributed by atoms with van der Waals surface area (Å²) in [6.07, 6.45) is 0. The molecule has 0 fully saturated rings. The van der Waals surface area contributed by atoms with E-state index in [9.17, 15) is 0 Å².